The van der Waals surface area contributed by atoms with Crippen LogP contribution in [0, 0.1) is 5.92 Å². The van der Waals surface area contributed by atoms with Gasteiger partial charge in [-0.1, -0.05) is 89.2 Å². The zero-order valence-corrected chi connectivity index (χ0v) is 26.4. The molecule has 0 radical (unpaired) electrons. The third-order valence-corrected chi connectivity index (χ3v) is 7.53. The Hall–Kier alpha value is -4.32. The molecule has 0 atom stereocenters. The molecule has 0 saturated carbocycles. The van der Waals surface area contributed by atoms with Crippen LogP contribution in [0.2, 0.25) is 0 Å². The molecule has 0 aliphatic carbocycles. The monoisotopic (exact) mass is 579 g/mol. The Labute approximate surface area is 256 Å². The van der Waals surface area contributed by atoms with Crippen LogP contribution in [0.3, 0.4) is 0 Å². The van der Waals surface area contributed by atoms with E-state index in [0.29, 0.717) is 31.7 Å². The van der Waals surface area contributed by atoms with E-state index >= 15 is 0 Å². The summed E-state index contributed by atoms with van der Waals surface area (Å²) in [6.07, 6.45) is 2.04. The van der Waals surface area contributed by atoms with E-state index in [-0.39, 0.29) is 29.7 Å². The Bertz CT molecular complexity index is 1480. The molecule has 3 aromatic carbocycles. The second-order valence-corrected chi connectivity index (χ2v) is 12.6. The van der Waals surface area contributed by atoms with Gasteiger partial charge in [-0.05, 0) is 64.4 Å². The van der Waals surface area contributed by atoms with E-state index in [1.165, 1.54) is 5.56 Å². The van der Waals surface area contributed by atoms with Crippen LogP contribution in [-0.4, -0.2) is 46.4 Å². The smallest absolute Gasteiger partial charge is 0.254 e. The van der Waals surface area contributed by atoms with Crippen LogP contribution in [0.25, 0.3) is 0 Å². The first-order valence-electron chi connectivity index (χ1n) is 15.0. The fraction of sp³-hybridized carbons (Fsp3) is 0.351. The predicted octanol–water partition coefficient (Wildman–Crippen LogP) is 7.17. The van der Waals surface area contributed by atoms with E-state index in [1.54, 1.807) is 12.0 Å². The fourth-order valence-electron chi connectivity index (χ4n) is 5.17. The summed E-state index contributed by atoms with van der Waals surface area (Å²) in [5.41, 5.74) is 4.94. The molecule has 6 heteroatoms. The molecule has 226 valence electrons. The molecule has 0 unspecified atom stereocenters. The maximum absolute atomic E-state index is 14.0. The van der Waals surface area contributed by atoms with Crippen LogP contribution in [-0.2, 0) is 29.8 Å². The molecular weight excluding hydrogens is 534 g/mol. The molecule has 0 saturated heterocycles. The van der Waals surface area contributed by atoms with Crippen LogP contribution in [0.5, 0.6) is 5.75 Å². The van der Waals surface area contributed by atoms with Crippen molar-refractivity contribution in [3.8, 4) is 5.75 Å². The number of aromatic nitrogens is 1. The molecule has 43 heavy (non-hydrogen) atoms. The quantitative estimate of drug-likeness (QED) is 0.179. The average molecular weight is 580 g/mol. The summed E-state index contributed by atoms with van der Waals surface area (Å²) in [5, 5.41) is 0. The highest BCUT2D eigenvalue weighted by atomic mass is 16.5. The van der Waals surface area contributed by atoms with Gasteiger partial charge in [0, 0.05) is 37.1 Å². The first-order chi connectivity index (χ1) is 20.5. The van der Waals surface area contributed by atoms with Crippen molar-refractivity contribution in [3.63, 3.8) is 0 Å². The summed E-state index contributed by atoms with van der Waals surface area (Å²) in [5.74, 6) is 0.824. The minimum atomic E-state index is -0.122. The third-order valence-electron chi connectivity index (χ3n) is 7.53. The highest BCUT2D eigenvalue weighted by molar-refractivity contribution is 5.96. The first-order valence-corrected chi connectivity index (χ1v) is 15.0. The van der Waals surface area contributed by atoms with E-state index in [1.807, 2.05) is 90.0 Å². The average Bonchev–Trinajstić information content (AvgIpc) is 3.42. The van der Waals surface area contributed by atoms with Gasteiger partial charge in [0.25, 0.3) is 5.91 Å². The molecule has 0 fully saturated rings. The van der Waals surface area contributed by atoms with Gasteiger partial charge in [-0.2, -0.15) is 0 Å². The van der Waals surface area contributed by atoms with E-state index in [4.69, 9.17) is 4.74 Å². The van der Waals surface area contributed by atoms with Crippen molar-refractivity contribution < 1.29 is 14.3 Å². The van der Waals surface area contributed by atoms with E-state index in [2.05, 4.69) is 51.3 Å². The molecule has 1 aromatic heterocycles. The maximum atomic E-state index is 14.0. The fourth-order valence-corrected chi connectivity index (χ4v) is 5.17. The van der Waals surface area contributed by atoms with Gasteiger partial charge in [-0.3, -0.25) is 9.59 Å². The Kier molecular flexibility index (Phi) is 10.5. The van der Waals surface area contributed by atoms with Gasteiger partial charge < -0.3 is 19.1 Å². The Morgan fingerprint density at radius 1 is 0.814 bits per heavy atom. The number of nitrogens with zero attached hydrogens (tertiary/aromatic N) is 3. The molecule has 0 aliphatic rings. The van der Waals surface area contributed by atoms with Crippen LogP contribution in [0.1, 0.15) is 67.4 Å². The minimum Gasteiger partial charge on any atom is -0.497 e. The molecule has 1 heterocycles. The number of methoxy groups -OCH3 is 1. The van der Waals surface area contributed by atoms with Gasteiger partial charge in [0.2, 0.25) is 5.91 Å². The van der Waals surface area contributed by atoms with Crippen molar-refractivity contribution >= 4 is 11.8 Å². The summed E-state index contributed by atoms with van der Waals surface area (Å²) in [4.78, 5) is 31.3. The summed E-state index contributed by atoms with van der Waals surface area (Å²) in [7, 11) is 1.67. The molecule has 0 spiro atoms. The highest BCUT2D eigenvalue weighted by Gasteiger charge is 2.25. The molecule has 4 aromatic rings. The largest absolute Gasteiger partial charge is 0.497 e. The topological polar surface area (TPSA) is 54.8 Å². The Balaban J connectivity index is 1.57. The maximum Gasteiger partial charge on any atom is 0.254 e. The Morgan fingerprint density at radius 2 is 1.51 bits per heavy atom. The molecule has 4 rings (SSSR count). The lowest BCUT2D eigenvalue weighted by molar-refractivity contribution is -0.133. The molecule has 0 N–H and O–H groups in total. The summed E-state index contributed by atoms with van der Waals surface area (Å²) in [6.45, 7) is 12.7. The number of rotatable bonds is 12. The van der Waals surface area contributed by atoms with Crippen molar-refractivity contribution in [2.24, 2.45) is 5.92 Å². The van der Waals surface area contributed by atoms with Gasteiger partial charge in [-0.15, -0.1) is 0 Å². The third kappa shape index (κ3) is 8.84. The standard InChI is InChI=1S/C37H45N3O3/c1-28(2)23-40(36(42)31-17-19-32(20-18-31)37(3,4)5)27-35(41)39(24-29-12-8-7-9-13-29)26-33-15-11-21-38(33)25-30-14-10-16-34(22-30)43-6/h7-22,28H,23-27H2,1-6H3. The minimum absolute atomic E-state index is 0.00263. The van der Waals surface area contributed by atoms with Crippen molar-refractivity contribution in [1.29, 1.82) is 0 Å². The summed E-state index contributed by atoms with van der Waals surface area (Å²) in [6, 6.07) is 29.9. The van der Waals surface area contributed by atoms with Crippen LogP contribution >= 0.6 is 0 Å². The van der Waals surface area contributed by atoms with Crippen molar-refractivity contribution in [2.45, 2.75) is 59.7 Å². The van der Waals surface area contributed by atoms with Crippen molar-refractivity contribution in [3.05, 3.63) is 125 Å². The second kappa shape index (κ2) is 14.2. The normalized spacial score (nSPS) is 11.4. The number of hydrogen-bond donors (Lipinski definition) is 0. The van der Waals surface area contributed by atoms with Crippen molar-refractivity contribution in [1.82, 2.24) is 14.4 Å². The number of carbonyl (C=O) groups excluding carboxylic acids is 2. The van der Waals surface area contributed by atoms with Crippen LogP contribution in [0.4, 0.5) is 0 Å². The van der Waals surface area contributed by atoms with E-state index in [9.17, 15) is 9.59 Å². The van der Waals surface area contributed by atoms with E-state index < -0.39 is 0 Å². The SMILES string of the molecule is COc1cccc(Cn2cccc2CN(Cc2ccccc2)C(=O)CN(CC(C)C)C(=O)c2ccc(C(C)(C)C)cc2)c1. The van der Waals surface area contributed by atoms with Gasteiger partial charge in [0.05, 0.1) is 13.7 Å². The number of amides is 2. The van der Waals surface area contributed by atoms with Gasteiger partial charge in [0.1, 0.15) is 12.3 Å². The number of benzene rings is 3. The molecule has 0 aliphatic heterocycles. The summed E-state index contributed by atoms with van der Waals surface area (Å²) < 4.78 is 7.57. The first kappa shape index (κ1) is 31.6. The second-order valence-electron chi connectivity index (χ2n) is 12.6. The molecular formula is C37H45N3O3. The highest BCUT2D eigenvalue weighted by Crippen LogP contribution is 2.23. The Morgan fingerprint density at radius 3 is 2.16 bits per heavy atom. The number of carbonyl (C=O) groups is 2. The zero-order valence-electron chi connectivity index (χ0n) is 26.4. The lowest BCUT2D eigenvalue weighted by Gasteiger charge is -2.29. The molecule has 0 bridgehead atoms. The van der Waals surface area contributed by atoms with Crippen molar-refractivity contribution in [2.75, 3.05) is 20.2 Å². The van der Waals surface area contributed by atoms with Gasteiger partial charge >= 0.3 is 0 Å². The lowest BCUT2D eigenvalue weighted by atomic mass is 9.86. The van der Waals surface area contributed by atoms with Crippen LogP contribution in [0.15, 0.2) is 97.2 Å². The van der Waals surface area contributed by atoms with Crippen LogP contribution < -0.4 is 4.74 Å². The predicted molar refractivity (Wildman–Crippen MR) is 173 cm³/mol. The number of ether oxygens (including phenoxy) is 1. The summed E-state index contributed by atoms with van der Waals surface area (Å²) >= 11 is 0. The van der Waals surface area contributed by atoms with E-state index in [0.717, 1.165) is 22.6 Å². The molecule has 6 nitrogen and oxygen atoms in total. The lowest BCUT2D eigenvalue weighted by Crippen LogP contribution is -2.44. The van der Waals surface area contributed by atoms with Gasteiger partial charge in [0.15, 0.2) is 0 Å². The number of hydrogen-bond acceptors (Lipinski definition) is 3. The van der Waals surface area contributed by atoms with Gasteiger partial charge in [-0.25, -0.2) is 0 Å². The zero-order chi connectivity index (χ0) is 31.0. The molecule has 2 amide bonds.